The Labute approximate surface area is 308 Å². The lowest BCUT2D eigenvalue weighted by Gasteiger charge is -2.72. The molecule has 51 heavy (non-hydrogen) atoms. The summed E-state index contributed by atoms with van der Waals surface area (Å²) in [4.78, 5) is 11.6. The topological polar surface area (TPSA) is 95.5 Å². The van der Waals surface area contributed by atoms with Gasteiger partial charge in [0.15, 0.2) is 9.84 Å². The van der Waals surface area contributed by atoms with Crippen LogP contribution in [-0.4, -0.2) is 55.7 Å². The monoisotopic (exact) mass is 716 g/mol. The lowest BCUT2D eigenvalue weighted by Crippen LogP contribution is -2.68. The molecule has 0 radical (unpaired) electrons. The molecule has 1 heterocycles. The van der Waals surface area contributed by atoms with Gasteiger partial charge >= 0.3 is 5.97 Å². The molecular weight excluding hydrogens is 653 g/mol. The van der Waals surface area contributed by atoms with Crippen molar-refractivity contribution in [3.63, 3.8) is 0 Å². The highest BCUT2D eigenvalue weighted by Gasteiger charge is 2.70. The average molecular weight is 717 g/mol. The Hall–Kier alpha value is -1.96. The third-order valence-electron chi connectivity index (χ3n) is 17.6. The second-order valence-electron chi connectivity index (χ2n) is 19.9. The molecule has 6 nitrogen and oxygen atoms in total. The summed E-state index contributed by atoms with van der Waals surface area (Å²) in [5, 5.41) is 17.1. The molecule has 1 saturated heterocycles. The first-order chi connectivity index (χ1) is 24.0. The summed E-state index contributed by atoms with van der Waals surface area (Å²) in [5.41, 5.74) is 5.20. The van der Waals surface area contributed by atoms with Crippen molar-refractivity contribution in [2.45, 2.75) is 117 Å². The molecule has 1 unspecified atom stereocenters. The molecule has 0 amide bonds. The number of allylic oxidation sites excluding steroid dienone is 3. The van der Waals surface area contributed by atoms with Gasteiger partial charge in [0.05, 0.1) is 16.6 Å². The van der Waals surface area contributed by atoms with Crippen LogP contribution in [0.3, 0.4) is 0 Å². The summed E-state index contributed by atoms with van der Waals surface area (Å²) < 4.78 is 25.2. The minimum absolute atomic E-state index is 0.00924. The second-order valence-corrected chi connectivity index (χ2v) is 22.2. The molecule has 0 aromatic heterocycles. The summed E-state index contributed by atoms with van der Waals surface area (Å²) in [6, 6.07) is 7.59. The van der Waals surface area contributed by atoms with Crippen LogP contribution >= 0.6 is 0 Å². The zero-order valence-corrected chi connectivity index (χ0v) is 33.0. The van der Waals surface area contributed by atoms with E-state index >= 15 is 0 Å². The van der Waals surface area contributed by atoms with Gasteiger partial charge in [-0.1, -0.05) is 65.0 Å². The van der Waals surface area contributed by atoms with Crippen LogP contribution < -0.4 is 10.6 Å². The number of rotatable bonds is 9. The molecule has 1 aromatic rings. The van der Waals surface area contributed by atoms with Crippen LogP contribution in [0, 0.1) is 63.1 Å². The van der Waals surface area contributed by atoms with Gasteiger partial charge in [0.25, 0.3) is 0 Å². The highest BCUT2D eigenvalue weighted by molar-refractivity contribution is 7.92. The van der Waals surface area contributed by atoms with Gasteiger partial charge in [0, 0.05) is 25.2 Å². The second kappa shape index (κ2) is 12.0. The van der Waals surface area contributed by atoms with Crippen LogP contribution in [0.15, 0.2) is 42.5 Å². The van der Waals surface area contributed by atoms with Gasteiger partial charge in [-0.05, 0) is 157 Å². The molecule has 1 aromatic carbocycles. The molecule has 6 aliphatic carbocycles. The number of hydrogen-bond donors (Lipinski definition) is 3. The standard InChI is InChI=1S/C44H64N2O4S/c1-27(2)31-14-19-44(46-23-22-45-25-35-32-24-30(32)26-51(35,49)50)21-20-42(6)34(38(31)44)12-13-37-41(5)17-15-33(28-8-10-29(11-9-28)39(47)48)40(3,4)36(41)16-18-43(37,42)7/h8-11,15,30-32,34-38,45-46H,1,12-14,16-26H2,2-7H3,(H,47,48)/t30-,31-,32?,34+,35+,36-,37+,38+,41-,42+,43+,44-/m0/s1. The Balaban J connectivity index is 1.02. The van der Waals surface area contributed by atoms with Crippen molar-refractivity contribution in [1.29, 1.82) is 0 Å². The van der Waals surface area contributed by atoms with Crippen LogP contribution in [0.1, 0.15) is 122 Å². The smallest absolute Gasteiger partial charge is 0.335 e. The predicted molar refractivity (Wildman–Crippen MR) is 206 cm³/mol. The summed E-state index contributed by atoms with van der Waals surface area (Å²) >= 11 is 0. The first-order valence-electron chi connectivity index (χ1n) is 20.4. The van der Waals surface area contributed by atoms with Crippen molar-refractivity contribution in [2.24, 2.45) is 63.1 Å². The van der Waals surface area contributed by atoms with Crippen LogP contribution in [-0.2, 0) is 9.84 Å². The van der Waals surface area contributed by atoms with Crippen LogP contribution in [0.5, 0.6) is 0 Å². The fourth-order valence-corrected chi connectivity index (χ4v) is 17.3. The molecule has 0 bridgehead atoms. The van der Waals surface area contributed by atoms with E-state index in [0.717, 1.165) is 25.9 Å². The van der Waals surface area contributed by atoms with Crippen LogP contribution in [0.2, 0.25) is 0 Å². The highest BCUT2D eigenvalue weighted by Crippen LogP contribution is 2.76. The Bertz CT molecular complexity index is 1730. The molecule has 5 saturated carbocycles. The maximum atomic E-state index is 12.6. The number of sulfone groups is 1. The predicted octanol–water partition coefficient (Wildman–Crippen LogP) is 8.40. The Morgan fingerprint density at radius 1 is 0.922 bits per heavy atom. The van der Waals surface area contributed by atoms with Gasteiger partial charge < -0.3 is 15.7 Å². The van der Waals surface area contributed by atoms with Crippen LogP contribution in [0.25, 0.3) is 5.57 Å². The minimum Gasteiger partial charge on any atom is -0.478 e. The number of benzene rings is 1. The first kappa shape index (κ1) is 36.0. The van der Waals surface area contributed by atoms with Crippen molar-refractivity contribution in [3.05, 3.63) is 53.6 Å². The van der Waals surface area contributed by atoms with Gasteiger partial charge in [-0.15, -0.1) is 0 Å². The third-order valence-corrected chi connectivity index (χ3v) is 19.9. The maximum Gasteiger partial charge on any atom is 0.335 e. The van der Waals surface area contributed by atoms with E-state index < -0.39 is 15.8 Å². The molecule has 7 aliphatic rings. The summed E-state index contributed by atoms with van der Waals surface area (Å²) in [5.74, 6) is 3.47. The van der Waals surface area contributed by atoms with E-state index in [2.05, 4.69) is 64.8 Å². The van der Waals surface area contributed by atoms with Gasteiger partial charge in [-0.2, -0.15) is 0 Å². The molecule has 12 atom stereocenters. The fraction of sp³-hybridized carbons (Fsp3) is 0.750. The fourth-order valence-electron chi connectivity index (χ4n) is 14.9. The molecule has 1 aliphatic heterocycles. The van der Waals surface area contributed by atoms with E-state index in [1.807, 2.05) is 12.1 Å². The van der Waals surface area contributed by atoms with Crippen molar-refractivity contribution >= 4 is 21.4 Å². The van der Waals surface area contributed by atoms with Crippen molar-refractivity contribution in [1.82, 2.24) is 10.6 Å². The molecule has 7 heteroatoms. The van der Waals surface area contributed by atoms with E-state index in [-0.39, 0.29) is 32.4 Å². The zero-order valence-electron chi connectivity index (χ0n) is 32.2. The third kappa shape index (κ3) is 5.27. The molecule has 3 N–H and O–H groups in total. The number of fused-ring (bicyclic) bond motifs is 8. The quantitative estimate of drug-likeness (QED) is 0.176. The van der Waals surface area contributed by atoms with Crippen LogP contribution in [0.4, 0.5) is 0 Å². The summed E-state index contributed by atoms with van der Waals surface area (Å²) in [6.45, 7) is 22.2. The molecule has 280 valence electrons. The van der Waals surface area contributed by atoms with E-state index in [9.17, 15) is 18.3 Å². The number of hydrogen-bond acceptors (Lipinski definition) is 5. The van der Waals surface area contributed by atoms with E-state index in [1.165, 1.54) is 68.1 Å². The molecular formula is C44H64N2O4S. The van der Waals surface area contributed by atoms with Crippen molar-refractivity contribution in [2.75, 3.05) is 25.4 Å². The van der Waals surface area contributed by atoms with Gasteiger partial charge in [-0.3, -0.25) is 0 Å². The van der Waals surface area contributed by atoms with E-state index in [1.54, 1.807) is 12.1 Å². The Morgan fingerprint density at radius 2 is 1.67 bits per heavy atom. The largest absolute Gasteiger partial charge is 0.478 e. The molecule has 8 rings (SSSR count). The minimum atomic E-state index is -2.91. The van der Waals surface area contributed by atoms with Gasteiger partial charge in [0.1, 0.15) is 0 Å². The number of aromatic carboxylic acids is 1. The van der Waals surface area contributed by atoms with E-state index in [4.69, 9.17) is 0 Å². The Morgan fingerprint density at radius 3 is 2.33 bits per heavy atom. The SMILES string of the molecule is C=C(C)[C@@H]1CC[C@]2(NCCNC[C@@H]3C4C[C@H]4CS3(=O)=O)CC[C@]3(C)[C@H](CC[C@@H]4[C@@]5(C)CC=C(c6ccc(C(=O)O)cc6)C(C)(C)[C@@H]5CC[C@]43C)[C@@H]12. The highest BCUT2D eigenvalue weighted by atomic mass is 32.2. The normalized spacial score (nSPS) is 45.7. The number of nitrogens with one attached hydrogen (secondary N) is 2. The first-order valence-corrected chi connectivity index (χ1v) is 22.1. The zero-order chi connectivity index (χ0) is 36.4. The van der Waals surface area contributed by atoms with Crippen molar-refractivity contribution < 1.29 is 18.3 Å². The summed E-state index contributed by atoms with van der Waals surface area (Å²) in [7, 11) is -2.91. The van der Waals surface area contributed by atoms with Gasteiger partial charge in [-0.25, -0.2) is 13.2 Å². The Kier molecular flexibility index (Phi) is 8.49. The summed E-state index contributed by atoms with van der Waals surface area (Å²) in [6.07, 6.45) is 14.8. The lowest BCUT2D eigenvalue weighted by atomic mass is 9.33. The maximum absolute atomic E-state index is 12.6. The van der Waals surface area contributed by atoms with Crippen molar-refractivity contribution in [3.8, 4) is 0 Å². The van der Waals surface area contributed by atoms with E-state index in [0.29, 0.717) is 59.3 Å². The molecule has 0 spiro atoms. The lowest BCUT2D eigenvalue weighted by molar-refractivity contribution is -0.219. The van der Waals surface area contributed by atoms with Gasteiger partial charge in [0.2, 0.25) is 0 Å². The number of carboxylic acids is 1. The number of carboxylic acid groups (broad SMARTS) is 1. The molecule has 6 fully saturated rings. The average Bonchev–Trinajstić information content (AvgIpc) is 3.59. The number of carbonyl (C=O) groups is 1.